The summed E-state index contributed by atoms with van der Waals surface area (Å²) in [5.74, 6) is 1.05. The Balaban J connectivity index is 1.78. The molecule has 154 valence electrons. The molecule has 0 bridgehead atoms. The van der Waals surface area contributed by atoms with Crippen LogP contribution in [-0.4, -0.2) is 65.8 Å². The lowest BCUT2D eigenvalue weighted by Crippen LogP contribution is -2.44. The maximum atomic E-state index is 12.6. The molecule has 2 N–H and O–H groups in total. The third-order valence-corrected chi connectivity index (χ3v) is 5.05. The Bertz CT molecular complexity index is 848. The second kappa shape index (κ2) is 9.38. The maximum absolute atomic E-state index is 12.6. The fraction of sp³-hybridized carbons (Fsp3) is 0.381. The zero-order chi connectivity index (χ0) is 20.8. The molecule has 2 aliphatic heterocycles. The third kappa shape index (κ3) is 4.83. The summed E-state index contributed by atoms with van der Waals surface area (Å²) in [6, 6.07) is 7.19. The molecule has 2 heterocycles. The number of urea groups is 1. The molecule has 2 amide bonds. The number of aliphatic hydroxyl groups is 1. The smallest absolute Gasteiger partial charge is 0.323 e. The van der Waals surface area contributed by atoms with Gasteiger partial charge in [-0.25, -0.2) is 9.79 Å². The first-order chi connectivity index (χ1) is 14.0. The van der Waals surface area contributed by atoms with Gasteiger partial charge in [0.25, 0.3) is 0 Å². The maximum Gasteiger partial charge on any atom is 0.323 e. The lowest BCUT2D eigenvalue weighted by molar-refractivity contribution is 0.159. The van der Waals surface area contributed by atoms with E-state index in [0.717, 1.165) is 29.9 Å². The fourth-order valence-electron chi connectivity index (χ4n) is 3.36. The molecule has 2 aliphatic rings. The highest BCUT2D eigenvalue weighted by atomic mass is 16.5. The number of nitrogens with one attached hydrogen (secondary N) is 1. The number of allylic oxidation sites excluding steroid dienone is 1. The van der Waals surface area contributed by atoms with Crippen LogP contribution in [0.25, 0.3) is 0 Å². The van der Waals surface area contributed by atoms with E-state index in [1.165, 1.54) is 0 Å². The van der Waals surface area contributed by atoms with Crippen LogP contribution in [0.2, 0.25) is 0 Å². The second-order valence-electron chi connectivity index (χ2n) is 6.97. The number of methoxy groups -OCH3 is 1. The highest BCUT2D eigenvalue weighted by Crippen LogP contribution is 2.20. The topological polar surface area (TPSA) is 89.8 Å². The van der Waals surface area contributed by atoms with E-state index in [1.54, 1.807) is 23.2 Å². The number of likely N-dealkylation sites (tertiary alicyclic amines) is 1. The van der Waals surface area contributed by atoms with Gasteiger partial charge in [-0.3, -0.25) is 10.3 Å². The molecule has 0 aromatic heterocycles. The molecule has 1 saturated heterocycles. The first kappa shape index (κ1) is 20.6. The second-order valence-corrected chi connectivity index (χ2v) is 6.97. The zero-order valence-corrected chi connectivity index (χ0v) is 16.8. The number of benzene rings is 1. The molecule has 29 heavy (non-hydrogen) atoms. The molecule has 0 aliphatic carbocycles. The molecule has 8 nitrogen and oxygen atoms in total. The molecule has 3 rings (SSSR count). The van der Waals surface area contributed by atoms with Gasteiger partial charge in [-0.1, -0.05) is 18.2 Å². The van der Waals surface area contributed by atoms with Crippen LogP contribution in [-0.2, 0) is 0 Å². The standard InChI is InChI=1S/C21H27N5O3/c1-15-9-10-19(16-6-4-8-18(12-16)29-3)24-26(15)13-20(22-2)23-21(28)25-11-5-7-17(25)14-27/h4,6,8-10,12-13,15,17,27H,2,5,7,11,14H2,1,3H3,(H,23,28)/b20-13+/t15?,17-/m0/s1. The van der Waals surface area contributed by atoms with Gasteiger partial charge in [0.05, 0.1) is 37.7 Å². The number of nitrogens with zero attached hydrogens (tertiary/aromatic N) is 4. The molecule has 8 heteroatoms. The summed E-state index contributed by atoms with van der Waals surface area (Å²) in [6.07, 6.45) is 7.31. The van der Waals surface area contributed by atoms with Gasteiger partial charge in [0.1, 0.15) is 5.75 Å². The van der Waals surface area contributed by atoms with Gasteiger partial charge in [-0.15, -0.1) is 0 Å². The SMILES string of the molecule is C=N/C(=C\N1N=C(c2cccc(OC)c2)C=CC1C)NC(=O)N1CCC[C@H]1CO. The van der Waals surface area contributed by atoms with E-state index < -0.39 is 0 Å². The molecule has 1 aromatic rings. The Labute approximate surface area is 170 Å². The van der Waals surface area contributed by atoms with Crippen molar-refractivity contribution >= 4 is 18.5 Å². The van der Waals surface area contributed by atoms with Crippen molar-refractivity contribution in [3.8, 4) is 5.75 Å². The van der Waals surface area contributed by atoms with Crippen LogP contribution in [0.15, 0.2) is 58.5 Å². The summed E-state index contributed by atoms with van der Waals surface area (Å²) in [5, 5.41) is 18.6. The summed E-state index contributed by atoms with van der Waals surface area (Å²) in [7, 11) is 1.63. The van der Waals surface area contributed by atoms with Crippen LogP contribution in [0.1, 0.15) is 25.3 Å². The van der Waals surface area contributed by atoms with Crippen LogP contribution in [0.4, 0.5) is 4.79 Å². The number of rotatable bonds is 6. The van der Waals surface area contributed by atoms with E-state index in [1.807, 2.05) is 43.3 Å². The Kier molecular flexibility index (Phi) is 6.66. The average Bonchev–Trinajstić information content (AvgIpc) is 3.23. The van der Waals surface area contributed by atoms with Gasteiger partial charge in [0.2, 0.25) is 0 Å². The summed E-state index contributed by atoms with van der Waals surface area (Å²) < 4.78 is 5.29. The fourth-order valence-corrected chi connectivity index (χ4v) is 3.36. The van der Waals surface area contributed by atoms with E-state index in [9.17, 15) is 9.90 Å². The molecule has 1 fully saturated rings. The van der Waals surface area contributed by atoms with Crippen molar-refractivity contribution in [2.45, 2.75) is 31.8 Å². The summed E-state index contributed by atoms with van der Waals surface area (Å²) in [5.41, 5.74) is 1.69. The van der Waals surface area contributed by atoms with Crippen molar-refractivity contribution in [1.29, 1.82) is 0 Å². The van der Waals surface area contributed by atoms with Crippen LogP contribution < -0.4 is 10.1 Å². The number of amides is 2. The average molecular weight is 397 g/mol. The van der Waals surface area contributed by atoms with Crippen LogP contribution in [0, 0.1) is 0 Å². The van der Waals surface area contributed by atoms with Crippen LogP contribution in [0.5, 0.6) is 5.75 Å². The minimum Gasteiger partial charge on any atom is -0.497 e. The van der Waals surface area contributed by atoms with Gasteiger partial charge in [0, 0.05) is 12.1 Å². The predicted octanol–water partition coefficient (Wildman–Crippen LogP) is 2.33. The Morgan fingerprint density at radius 3 is 3.07 bits per heavy atom. The van der Waals surface area contributed by atoms with E-state index in [4.69, 9.17) is 4.74 Å². The molecule has 1 aromatic carbocycles. The monoisotopic (exact) mass is 397 g/mol. The van der Waals surface area contributed by atoms with Crippen molar-refractivity contribution in [1.82, 2.24) is 15.2 Å². The molecule has 0 saturated carbocycles. The van der Waals surface area contributed by atoms with E-state index in [2.05, 4.69) is 22.1 Å². The lowest BCUT2D eigenvalue weighted by Gasteiger charge is -2.26. The summed E-state index contributed by atoms with van der Waals surface area (Å²) >= 11 is 0. The molecule has 0 radical (unpaired) electrons. The number of hydrogen-bond acceptors (Lipinski definition) is 6. The number of aliphatic hydroxyl groups excluding tert-OH is 1. The number of aliphatic imine (C=N–C) groups is 1. The van der Waals surface area contributed by atoms with Crippen molar-refractivity contribution < 1.29 is 14.6 Å². The van der Waals surface area contributed by atoms with Crippen LogP contribution in [0.3, 0.4) is 0 Å². The molecule has 1 unspecified atom stereocenters. The van der Waals surface area contributed by atoms with Crippen molar-refractivity contribution in [3.05, 3.63) is 54.0 Å². The van der Waals surface area contributed by atoms with Gasteiger partial charge in [-0.2, -0.15) is 5.10 Å². The first-order valence-electron chi connectivity index (χ1n) is 9.62. The number of hydrogen-bond donors (Lipinski definition) is 2. The Morgan fingerprint density at radius 2 is 2.34 bits per heavy atom. The van der Waals surface area contributed by atoms with Gasteiger partial charge in [0.15, 0.2) is 5.82 Å². The largest absolute Gasteiger partial charge is 0.497 e. The van der Waals surface area contributed by atoms with Crippen molar-refractivity contribution in [2.75, 3.05) is 20.3 Å². The normalized spacial score (nSPS) is 21.8. The number of hydrazone groups is 1. The van der Waals surface area contributed by atoms with E-state index >= 15 is 0 Å². The van der Waals surface area contributed by atoms with Crippen molar-refractivity contribution in [2.24, 2.45) is 10.1 Å². The minimum atomic E-state index is -0.294. The highest BCUT2D eigenvalue weighted by molar-refractivity contribution is 6.09. The molecule has 0 spiro atoms. The first-order valence-corrected chi connectivity index (χ1v) is 9.62. The van der Waals surface area contributed by atoms with Crippen molar-refractivity contribution in [3.63, 3.8) is 0 Å². The predicted molar refractivity (Wildman–Crippen MR) is 113 cm³/mol. The van der Waals surface area contributed by atoms with Gasteiger partial charge >= 0.3 is 6.03 Å². The number of carbonyl (C=O) groups is 1. The number of carbonyl (C=O) groups excluding carboxylic acids is 1. The lowest BCUT2D eigenvalue weighted by atomic mass is 10.1. The highest BCUT2D eigenvalue weighted by Gasteiger charge is 2.28. The molecule has 2 atom stereocenters. The Hall–Kier alpha value is -3.13. The minimum absolute atomic E-state index is 0.0185. The van der Waals surface area contributed by atoms with Crippen LogP contribution >= 0.6 is 0 Å². The van der Waals surface area contributed by atoms with Gasteiger partial charge in [-0.05, 0) is 44.7 Å². The summed E-state index contributed by atoms with van der Waals surface area (Å²) in [6.45, 7) is 6.12. The quantitative estimate of drug-likeness (QED) is 0.721. The Morgan fingerprint density at radius 1 is 1.52 bits per heavy atom. The third-order valence-electron chi connectivity index (χ3n) is 5.05. The van der Waals surface area contributed by atoms with E-state index in [0.29, 0.717) is 12.4 Å². The summed E-state index contributed by atoms with van der Waals surface area (Å²) in [4.78, 5) is 18.1. The van der Waals surface area contributed by atoms with Gasteiger partial charge < -0.3 is 14.7 Å². The zero-order valence-electron chi connectivity index (χ0n) is 16.8. The molecular formula is C21H27N5O3. The van der Waals surface area contributed by atoms with E-state index in [-0.39, 0.29) is 24.7 Å². The molecular weight excluding hydrogens is 370 g/mol. The number of ether oxygens (including phenoxy) is 1.